The maximum Gasteiger partial charge on any atom is 0.321 e. The van der Waals surface area contributed by atoms with Gasteiger partial charge in [-0.2, -0.15) is 0 Å². The quantitative estimate of drug-likeness (QED) is 0.390. The summed E-state index contributed by atoms with van der Waals surface area (Å²) in [5.74, 6) is -2.23. The van der Waals surface area contributed by atoms with Gasteiger partial charge in [-0.15, -0.1) is 0 Å². The average Bonchev–Trinajstić information content (AvgIpc) is 3.50. The van der Waals surface area contributed by atoms with Gasteiger partial charge >= 0.3 is 5.97 Å². The standard InChI is InChI=1S/C29H31F2N3O3/c30-21-13-18(14-22(31)16-21)5-8-27(35)33-23-7-6-20(15-23)28(29(36)37)34-11-9-19(10-12-34)25-17-32-26-4-2-1-3-24(25)26/h1-5,8,13-14,16-17,19-20,23,28,32H,6-7,9-12,15H2,(H,33,35)(H,36,37)/b8-5+/t20?,23-,28+/m0/s1. The van der Waals surface area contributed by atoms with Gasteiger partial charge in [-0.3, -0.25) is 14.5 Å². The Morgan fingerprint density at radius 1 is 1.05 bits per heavy atom. The zero-order chi connectivity index (χ0) is 25.9. The maximum absolute atomic E-state index is 13.3. The molecular weight excluding hydrogens is 476 g/mol. The number of piperidine rings is 1. The number of para-hydroxylation sites is 1. The van der Waals surface area contributed by atoms with Crippen LogP contribution in [0.1, 0.15) is 49.1 Å². The van der Waals surface area contributed by atoms with Crippen LogP contribution in [0.25, 0.3) is 17.0 Å². The number of carboxylic acid groups (broad SMARTS) is 1. The van der Waals surface area contributed by atoms with Crippen LogP contribution in [0.15, 0.2) is 54.7 Å². The number of amides is 1. The summed E-state index contributed by atoms with van der Waals surface area (Å²) in [4.78, 5) is 30.1. The van der Waals surface area contributed by atoms with Crippen LogP contribution >= 0.6 is 0 Å². The number of hydrogen-bond donors (Lipinski definition) is 3. The molecule has 3 aromatic rings. The van der Waals surface area contributed by atoms with Gasteiger partial charge in [0.05, 0.1) is 0 Å². The van der Waals surface area contributed by atoms with E-state index < -0.39 is 23.6 Å². The highest BCUT2D eigenvalue weighted by atomic mass is 19.1. The second-order valence-corrected chi connectivity index (χ2v) is 10.2. The molecule has 0 spiro atoms. The first-order chi connectivity index (χ1) is 17.9. The van der Waals surface area contributed by atoms with E-state index >= 15 is 0 Å². The molecule has 5 rings (SSSR count). The monoisotopic (exact) mass is 507 g/mol. The zero-order valence-electron chi connectivity index (χ0n) is 20.5. The summed E-state index contributed by atoms with van der Waals surface area (Å²) in [7, 11) is 0. The highest BCUT2D eigenvalue weighted by molar-refractivity contribution is 5.92. The number of aliphatic carboxylic acids is 1. The van der Waals surface area contributed by atoms with Gasteiger partial charge in [0.15, 0.2) is 0 Å². The first kappa shape index (κ1) is 25.1. The van der Waals surface area contributed by atoms with E-state index in [1.807, 2.05) is 12.1 Å². The molecule has 0 radical (unpaired) electrons. The predicted molar refractivity (Wildman–Crippen MR) is 138 cm³/mol. The second-order valence-electron chi connectivity index (χ2n) is 10.2. The summed E-state index contributed by atoms with van der Waals surface area (Å²) < 4.78 is 26.7. The molecule has 194 valence electrons. The van der Waals surface area contributed by atoms with E-state index in [9.17, 15) is 23.5 Å². The molecule has 2 aliphatic rings. The fourth-order valence-electron chi connectivity index (χ4n) is 6.10. The Kier molecular flexibility index (Phi) is 7.37. The van der Waals surface area contributed by atoms with Gasteiger partial charge in [0.2, 0.25) is 5.91 Å². The van der Waals surface area contributed by atoms with Crippen molar-refractivity contribution >= 4 is 28.9 Å². The molecule has 1 aliphatic carbocycles. The minimum Gasteiger partial charge on any atom is -0.480 e. The van der Waals surface area contributed by atoms with Crippen molar-refractivity contribution in [2.75, 3.05) is 13.1 Å². The van der Waals surface area contributed by atoms with Crippen LogP contribution in [-0.2, 0) is 9.59 Å². The smallest absolute Gasteiger partial charge is 0.321 e. The molecule has 3 N–H and O–H groups in total. The van der Waals surface area contributed by atoms with E-state index in [4.69, 9.17) is 0 Å². The van der Waals surface area contributed by atoms with Gasteiger partial charge in [-0.25, -0.2) is 8.78 Å². The Labute approximate surface area is 214 Å². The number of aromatic amines is 1. The van der Waals surface area contributed by atoms with E-state index in [1.54, 1.807) is 0 Å². The van der Waals surface area contributed by atoms with Gasteiger partial charge in [-0.1, -0.05) is 18.2 Å². The molecule has 2 fully saturated rings. The van der Waals surface area contributed by atoms with Crippen molar-refractivity contribution in [2.24, 2.45) is 5.92 Å². The third-order valence-electron chi connectivity index (χ3n) is 7.82. The summed E-state index contributed by atoms with van der Waals surface area (Å²) in [5, 5.41) is 14.3. The summed E-state index contributed by atoms with van der Waals surface area (Å²) in [5.41, 5.74) is 2.69. The van der Waals surface area contributed by atoms with Crippen molar-refractivity contribution in [3.8, 4) is 0 Å². The van der Waals surface area contributed by atoms with Crippen LogP contribution in [0.5, 0.6) is 0 Å². The van der Waals surface area contributed by atoms with Crippen LogP contribution in [-0.4, -0.2) is 52.0 Å². The number of likely N-dealkylation sites (tertiary alicyclic amines) is 1. The molecular formula is C29H31F2N3O3. The van der Waals surface area contributed by atoms with Crippen molar-refractivity contribution in [2.45, 2.75) is 50.1 Å². The molecule has 2 heterocycles. The Morgan fingerprint density at radius 2 is 1.78 bits per heavy atom. The normalized spacial score (nSPS) is 22.0. The highest BCUT2D eigenvalue weighted by Crippen LogP contribution is 2.37. The number of halogens is 2. The lowest BCUT2D eigenvalue weighted by atomic mass is 9.87. The third kappa shape index (κ3) is 5.74. The lowest BCUT2D eigenvalue weighted by Gasteiger charge is -2.38. The number of carbonyl (C=O) groups is 2. The lowest BCUT2D eigenvalue weighted by molar-refractivity contribution is -0.146. The van der Waals surface area contributed by atoms with Crippen molar-refractivity contribution in [3.63, 3.8) is 0 Å². The lowest BCUT2D eigenvalue weighted by Crippen LogP contribution is -2.49. The molecule has 1 saturated heterocycles. The average molecular weight is 508 g/mol. The molecule has 37 heavy (non-hydrogen) atoms. The van der Waals surface area contributed by atoms with Crippen molar-refractivity contribution < 1.29 is 23.5 Å². The fourth-order valence-corrected chi connectivity index (χ4v) is 6.10. The zero-order valence-corrected chi connectivity index (χ0v) is 20.5. The number of fused-ring (bicyclic) bond motifs is 1. The molecule has 1 unspecified atom stereocenters. The molecule has 6 nitrogen and oxygen atoms in total. The molecule has 3 atom stereocenters. The first-order valence-corrected chi connectivity index (χ1v) is 12.8. The topological polar surface area (TPSA) is 85.4 Å². The second kappa shape index (κ2) is 10.8. The molecule has 1 aliphatic heterocycles. The number of H-pyrrole nitrogens is 1. The maximum atomic E-state index is 13.3. The summed E-state index contributed by atoms with van der Waals surface area (Å²) in [6.07, 6.45) is 8.54. The number of aromatic nitrogens is 1. The number of carboxylic acids is 1. The van der Waals surface area contributed by atoms with E-state index in [0.717, 1.165) is 56.1 Å². The van der Waals surface area contributed by atoms with Gasteiger partial charge in [0.1, 0.15) is 17.7 Å². The molecule has 0 bridgehead atoms. The first-order valence-electron chi connectivity index (χ1n) is 12.8. The van der Waals surface area contributed by atoms with Gasteiger partial charge < -0.3 is 15.4 Å². The SMILES string of the molecule is O=C(/C=C/c1cc(F)cc(F)c1)N[C@H]1CCC([C@H](C(=O)O)N2CCC(c3c[nH]c4ccccc34)CC2)C1. The Morgan fingerprint density at radius 3 is 2.51 bits per heavy atom. The third-order valence-corrected chi connectivity index (χ3v) is 7.82. The van der Waals surface area contributed by atoms with Gasteiger partial charge in [-0.05, 0) is 92.4 Å². The van der Waals surface area contributed by atoms with Crippen LogP contribution in [0.3, 0.4) is 0 Å². The number of hydrogen-bond acceptors (Lipinski definition) is 3. The number of rotatable bonds is 7. The molecule has 1 saturated carbocycles. The predicted octanol–water partition coefficient (Wildman–Crippen LogP) is 5.08. The van der Waals surface area contributed by atoms with Crippen LogP contribution in [0, 0.1) is 17.6 Å². The van der Waals surface area contributed by atoms with E-state index in [2.05, 4.69) is 33.5 Å². The highest BCUT2D eigenvalue weighted by Gasteiger charge is 2.40. The minimum atomic E-state index is -0.810. The van der Waals surface area contributed by atoms with E-state index in [-0.39, 0.29) is 23.4 Å². The van der Waals surface area contributed by atoms with Crippen molar-refractivity contribution in [3.05, 3.63) is 77.5 Å². The number of nitrogens with one attached hydrogen (secondary N) is 2. The molecule has 1 aromatic heterocycles. The number of carbonyl (C=O) groups excluding carboxylic acids is 1. The number of benzene rings is 2. The number of nitrogens with zero attached hydrogens (tertiary/aromatic N) is 1. The fraction of sp³-hybridized carbons (Fsp3) is 0.379. The summed E-state index contributed by atoms with van der Waals surface area (Å²) >= 11 is 0. The van der Waals surface area contributed by atoms with E-state index in [1.165, 1.54) is 23.1 Å². The van der Waals surface area contributed by atoms with E-state index in [0.29, 0.717) is 18.8 Å². The minimum absolute atomic E-state index is 0.0475. The van der Waals surface area contributed by atoms with Crippen LogP contribution in [0.2, 0.25) is 0 Å². The largest absolute Gasteiger partial charge is 0.480 e. The summed E-state index contributed by atoms with van der Waals surface area (Å²) in [6, 6.07) is 10.6. The Balaban J connectivity index is 1.16. The molecule has 8 heteroatoms. The van der Waals surface area contributed by atoms with Crippen LogP contribution < -0.4 is 5.32 Å². The molecule has 1 amide bonds. The van der Waals surface area contributed by atoms with Crippen LogP contribution in [0.4, 0.5) is 8.78 Å². The van der Waals surface area contributed by atoms with Gasteiger partial charge in [0, 0.05) is 35.3 Å². The Hall–Kier alpha value is -3.52. The summed E-state index contributed by atoms with van der Waals surface area (Å²) in [6.45, 7) is 1.45. The molecule has 2 aromatic carbocycles. The van der Waals surface area contributed by atoms with Gasteiger partial charge in [0.25, 0.3) is 0 Å². The Bertz CT molecular complexity index is 1290. The van der Waals surface area contributed by atoms with Crippen molar-refractivity contribution in [1.29, 1.82) is 0 Å². The van der Waals surface area contributed by atoms with Crippen molar-refractivity contribution in [1.82, 2.24) is 15.2 Å².